The molecule has 88 valence electrons. The van der Waals surface area contributed by atoms with E-state index in [0.29, 0.717) is 11.0 Å². The first-order valence-electron chi connectivity index (χ1n) is 5.41. The number of aliphatic carboxylic acids is 1. The lowest BCUT2D eigenvalue weighted by molar-refractivity contribution is -0.138. The van der Waals surface area contributed by atoms with Crippen LogP contribution in [0.4, 0.5) is 0 Å². The molecule has 1 heterocycles. The van der Waals surface area contributed by atoms with Gasteiger partial charge < -0.3 is 5.11 Å². The first kappa shape index (κ1) is 12.0. The van der Waals surface area contributed by atoms with Gasteiger partial charge in [0.15, 0.2) is 0 Å². The molecule has 2 aromatic rings. The van der Waals surface area contributed by atoms with Crippen molar-refractivity contribution in [3.05, 3.63) is 40.5 Å². The molecule has 0 bridgehead atoms. The van der Waals surface area contributed by atoms with Crippen LogP contribution in [0.2, 0.25) is 0 Å². The van der Waals surface area contributed by atoms with Crippen LogP contribution in [-0.4, -0.2) is 16.1 Å². The van der Waals surface area contributed by atoms with Crippen molar-refractivity contribution in [2.24, 2.45) is 0 Å². The minimum absolute atomic E-state index is 0.513. The third kappa shape index (κ3) is 2.31. The Morgan fingerprint density at radius 3 is 2.82 bits per heavy atom. The second kappa shape index (κ2) is 4.84. The normalized spacial score (nSPS) is 12.6. The van der Waals surface area contributed by atoms with Crippen LogP contribution in [0.5, 0.6) is 0 Å². The summed E-state index contributed by atoms with van der Waals surface area (Å²) in [5.74, 6) is -1.33. The summed E-state index contributed by atoms with van der Waals surface area (Å²) in [4.78, 5) is 15.6. The van der Waals surface area contributed by atoms with Crippen molar-refractivity contribution < 1.29 is 9.90 Å². The summed E-state index contributed by atoms with van der Waals surface area (Å²) in [5.41, 5.74) is 1.60. The van der Waals surface area contributed by atoms with E-state index in [-0.39, 0.29) is 0 Å². The highest BCUT2D eigenvalue weighted by molar-refractivity contribution is 9.10. The van der Waals surface area contributed by atoms with Crippen molar-refractivity contribution >= 4 is 32.8 Å². The first-order chi connectivity index (χ1) is 8.13. The Morgan fingerprint density at radius 1 is 1.47 bits per heavy atom. The molecule has 1 unspecified atom stereocenters. The summed E-state index contributed by atoms with van der Waals surface area (Å²) >= 11 is 3.35. The molecule has 1 N–H and O–H groups in total. The maximum absolute atomic E-state index is 11.2. The summed E-state index contributed by atoms with van der Waals surface area (Å²) in [5, 5.41) is 10.1. The van der Waals surface area contributed by atoms with Gasteiger partial charge in [0.25, 0.3) is 0 Å². The topological polar surface area (TPSA) is 50.2 Å². The Morgan fingerprint density at radius 2 is 2.18 bits per heavy atom. The van der Waals surface area contributed by atoms with Crippen molar-refractivity contribution in [3.63, 3.8) is 0 Å². The number of nitrogens with zero attached hydrogens (tertiary/aromatic N) is 1. The molecule has 1 aromatic carbocycles. The quantitative estimate of drug-likeness (QED) is 0.880. The van der Waals surface area contributed by atoms with E-state index in [0.717, 1.165) is 16.5 Å². The third-order valence-corrected chi connectivity index (χ3v) is 3.42. The number of carboxylic acid groups (broad SMARTS) is 1. The van der Waals surface area contributed by atoms with Gasteiger partial charge in [0.2, 0.25) is 0 Å². The number of benzene rings is 1. The molecular weight excluding hydrogens is 282 g/mol. The number of rotatable bonds is 3. The van der Waals surface area contributed by atoms with Crippen LogP contribution in [0, 0.1) is 0 Å². The molecule has 4 heteroatoms. The molecule has 0 radical (unpaired) electrons. The average Bonchev–Trinajstić information content (AvgIpc) is 2.30. The van der Waals surface area contributed by atoms with Crippen molar-refractivity contribution in [2.45, 2.75) is 19.3 Å². The Labute approximate surface area is 108 Å². The molecule has 3 nitrogen and oxygen atoms in total. The van der Waals surface area contributed by atoms with Crippen LogP contribution in [0.3, 0.4) is 0 Å². The molecule has 0 saturated heterocycles. The Hall–Kier alpha value is -1.42. The highest BCUT2D eigenvalue weighted by Crippen LogP contribution is 2.29. The molecule has 0 saturated carbocycles. The maximum atomic E-state index is 11.2. The predicted molar refractivity (Wildman–Crippen MR) is 70.1 cm³/mol. The van der Waals surface area contributed by atoms with Crippen LogP contribution in [-0.2, 0) is 4.79 Å². The number of aromatic nitrogens is 1. The van der Waals surface area contributed by atoms with E-state index in [9.17, 15) is 9.90 Å². The smallest absolute Gasteiger partial charge is 0.311 e. The zero-order valence-corrected chi connectivity index (χ0v) is 10.9. The number of para-hydroxylation sites is 1. The van der Waals surface area contributed by atoms with Gasteiger partial charge in [-0.25, -0.2) is 4.98 Å². The number of hydrogen-bond donors (Lipinski definition) is 1. The summed E-state index contributed by atoms with van der Waals surface area (Å²) < 4.78 is 0.616. The Kier molecular flexibility index (Phi) is 3.43. The Bertz CT molecular complexity index is 568. The highest BCUT2D eigenvalue weighted by atomic mass is 79.9. The summed E-state index contributed by atoms with van der Waals surface area (Å²) in [6.45, 7) is 1.86. The maximum Gasteiger partial charge on any atom is 0.311 e. The molecule has 1 aromatic heterocycles. The zero-order chi connectivity index (χ0) is 12.4. The SMILES string of the molecule is CCC(C(=O)O)c1cc2ccccc2nc1Br. The largest absolute Gasteiger partial charge is 0.481 e. The van der Waals surface area contributed by atoms with E-state index in [1.807, 2.05) is 37.3 Å². The van der Waals surface area contributed by atoms with Crippen LogP contribution in [0.1, 0.15) is 24.8 Å². The van der Waals surface area contributed by atoms with Gasteiger partial charge in [-0.05, 0) is 40.0 Å². The predicted octanol–water partition coefficient (Wildman–Crippen LogP) is 3.58. The van der Waals surface area contributed by atoms with Gasteiger partial charge >= 0.3 is 5.97 Å². The molecule has 17 heavy (non-hydrogen) atoms. The van der Waals surface area contributed by atoms with Gasteiger partial charge in [0.05, 0.1) is 11.4 Å². The fraction of sp³-hybridized carbons (Fsp3) is 0.231. The van der Waals surface area contributed by atoms with E-state index in [1.54, 1.807) is 0 Å². The van der Waals surface area contributed by atoms with Crippen LogP contribution < -0.4 is 0 Å². The number of pyridine rings is 1. The number of fused-ring (bicyclic) bond motifs is 1. The second-order valence-electron chi connectivity index (χ2n) is 3.86. The molecule has 0 fully saturated rings. The van der Waals surface area contributed by atoms with E-state index < -0.39 is 11.9 Å². The number of carboxylic acids is 1. The van der Waals surface area contributed by atoms with Gasteiger partial charge in [-0.2, -0.15) is 0 Å². The molecule has 0 aliphatic rings. The molecule has 2 rings (SSSR count). The lowest BCUT2D eigenvalue weighted by Crippen LogP contribution is -2.11. The van der Waals surface area contributed by atoms with Crippen LogP contribution in [0.25, 0.3) is 10.9 Å². The summed E-state index contributed by atoms with van der Waals surface area (Å²) in [6, 6.07) is 9.58. The fourth-order valence-corrected chi connectivity index (χ4v) is 2.46. The first-order valence-corrected chi connectivity index (χ1v) is 6.20. The van der Waals surface area contributed by atoms with Gasteiger partial charge in [-0.3, -0.25) is 4.79 Å². The lowest BCUT2D eigenvalue weighted by atomic mass is 9.97. The zero-order valence-electron chi connectivity index (χ0n) is 9.35. The third-order valence-electron chi connectivity index (χ3n) is 2.79. The Balaban J connectivity index is 2.61. The van der Waals surface area contributed by atoms with Gasteiger partial charge in [0, 0.05) is 5.39 Å². The molecule has 0 aliphatic heterocycles. The standard InChI is InChI=1S/C13H12BrNO2/c1-2-9(13(16)17)10-7-8-5-3-4-6-11(8)15-12(10)14/h3-7,9H,2H2,1H3,(H,16,17). The molecular formula is C13H12BrNO2. The van der Waals surface area contributed by atoms with Crippen molar-refractivity contribution in [1.82, 2.24) is 4.98 Å². The van der Waals surface area contributed by atoms with Crippen molar-refractivity contribution in [1.29, 1.82) is 0 Å². The van der Waals surface area contributed by atoms with Gasteiger partial charge in [-0.1, -0.05) is 25.1 Å². The minimum Gasteiger partial charge on any atom is -0.481 e. The van der Waals surface area contributed by atoms with Crippen LogP contribution in [0.15, 0.2) is 34.9 Å². The highest BCUT2D eigenvalue weighted by Gasteiger charge is 2.21. The fourth-order valence-electron chi connectivity index (χ4n) is 1.88. The molecule has 0 aliphatic carbocycles. The van der Waals surface area contributed by atoms with Crippen molar-refractivity contribution in [2.75, 3.05) is 0 Å². The molecule has 1 atom stereocenters. The van der Waals surface area contributed by atoms with E-state index in [1.165, 1.54) is 0 Å². The van der Waals surface area contributed by atoms with Gasteiger partial charge in [0.1, 0.15) is 4.60 Å². The van der Waals surface area contributed by atoms with Crippen LogP contribution >= 0.6 is 15.9 Å². The van der Waals surface area contributed by atoms with E-state index >= 15 is 0 Å². The average molecular weight is 294 g/mol. The summed E-state index contributed by atoms with van der Waals surface area (Å²) in [6.07, 6.45) is 0.550. The lowest BCUT2D eigenvalue weighted by Gasteiger charge is -2.12. The number of hydrogen-bond acceptors (Lipinski definition) is 2. The van der Waals surface area contributed by atoms with E-state index in [4.69, 9.17) is 0 Å². The summed E-state index contributed by atoms with van der Waals surface area (Å²) in [7, 11) is 0. The monoisotopic (exact) mass is 293 g/mol. The molecule has 0 amide bonds. The minimum atomic E-state index is -0.815. The van der Waals surface area contributed by atoms with E-state index in [2.05, 4.69) is 20.9 Å². The number of carbonyl (C=O) groups is 1. The molecule has 0 spiro atoms. The number of halogens is 1. The second-order valence-corrected chi connectivity index (χ2v) is 4.61. The van der Waals surface area contributed by atoms with Crippen molar-refractivity contribution in [3.8, 4) is 0 Å². The van der Waals surface area contributed by atoms with Gasteiger partial charge in [-0.15, -0.1) is 0 Å².